The van der Waals surface area contributed by atoms with Gasteiger partial charge in [-0.25, -0.2) is 4.79 Å². The summed E-state index contributed by atoms with van der Waals surface area (Å²) >= 11 is 0. The van der Waals surface area contributed by atoms with E-state index in [4.69, 9.17) is 4.42 Å². The van der Waals surface area contributed by atoms with Crippen LogP contribution in [0.1, 0.15) is 12.5 Å². The smallest absolute Gasteiger partial charge is 0.408 e. The summed E-state index contributed by atoms with van der Waals surface area (Å²) in [6.45, 7) is 4.20. The Balaban J connectivity index is 2.16. The molecular formula is C12H16N2O2. The fraction of sp³-hybridized carbons (Fsp3) is 0.417. The molecule has 0 aliphatic heterocycles. The molecule has 1 N–H and O–H groups in total. The second-order valence-corrected chi connectivity index (χ2v) is 3.99. The average molecular weight is 220 g/mol. The van der Waals surface area contributed by atoms with Gasteiger partial charge in [-0.2, -0.15) is 0 Å². The summed E-state index contributed by atoms with van der Waals surface area (Å²) in [7, 11) is 2.10. The summed E-state index contributed by atoms with van der Waals surface area (Å²) in [6.07, 6.45) is 0.980. The van der Waals surface area contributed by atoms with E-state index in [9.17, 15) is 4.79 Å². The molecule has 0 atom stereocenters. The number of oxazole rings is 1. The monoisotopic (exact) mass is 220 g/mol. The first-order valence-corrected chi connectivity index (χ1v) is 5.49. The van der Waals surface area contributed by atoms with Crippen molar-refractivity contribution in [3.8, 4) is 0 Å². The minimum absolute atomic E-state index is 0.391. The number of fused-ring (bicyclic) bond motifs is 1. The lowest BCUT2D eigenvalue weighted by atomic mass is 10.1. The molecule has 1 aromatic carbocycles. The maximum absolute atomic E-state index is 11.0. The lowest BCUT2D eigenvalue weighted by Crippen LogP contribution is -2.20. The average Bonchev–Trinajstić information content (AvgIpc) is 2.65. The fourth-order valence-electron chi connectivity index (χ4n) is 1.63. The summed E-state index contributed by atoms with van der Waals surface area (Å²) in [5.41, 5.74) is 2.61. The van der Waals surface area contributed by atoms with E-state index in [0.717, 1.165) is 25.0 Å². The van der Waals surface area contributed by atoms with E-state index in [1.807, 2.05) is 18.2 Å². The van der Waals surface area contributed by atoms with Crippen LogP contribution in [-0.4, -0.2) is 30.0 Å². The normalized spacial score (nSPS) is 11.4. The van der Waals surface area contributed by atoms with Gasteiger partial charge in [0.15, 0.2) is 5.58 Å². The van der Waals surface area contributed by atoms with Crippen LogP contribution in [0.2, 0.25) is 0 Å². The minimum atomic E-state index is -0.391. The van der Waals surface area contributed by atoms with E-state index in [-0.39, 0.29) is 0 Å². The van der Waals surface area contributed by atoms with Crippen molar-refractivity contribution in [1.29, 1.82) is 0 Å². The number of hydrogen-bond acceptors (Lipinski definition) is 3. The summed E-state index contributed by atoms with van der Waals surface area (Å²) in [5.74, 6) is -0.391. The number of likely N-dealkylation sites (N-methyl/N-ethyl adjacent to an activating group) is 1. The molecule has 0 aliphatic rings. The molecule has 0 fully saturated rings. The van der Waals surface area contributed by atoms with Crippen molar-refractivity contribution in [2.75, 3.05) is 20.1 Å². The summed E-state index contributed by atoms with van der Waals surface area (Å²) in [5, 5.41) is 0. The standard InChI is InChI=1S/C12H16N2O2/c1-3-14(2)7-6-9-4-5-11-10(8-9)13-12(15)16-11/h4-5,8H,3,6-7H2,1-2H3,(H,13,15). The molecule has 86 valence electrons. The van der Waals surface area contributed by atoms with Crippen molar-refractivity contribution < 1.29 is 4.42 Å². The molecule has 2 aromatic rings. The zero-order valence-electron chi connectivity index (χ0n) is 9.62. The van der Waals surface area contributed by atoms with Crippen LogP contribution in [0, 0.1) is 0 Å². The number of benzene rings is 1. The lowest BCUT2D eigenvalue weighted by Gasteiger charge is -2.13. The van der Waals surface area contributed by atoms with Crippen LogP contribution in [0.5, 0.6) is 0 Å². The predicted octanol–water partition coefficient (Wildman–Crippen LogP) is 1.62. The van der Waals surface area contributed by atoms with Crippen LogP contribution >= 0.6 is 0 Å². The minimum Gasteiger partial charge on any atom is -0.408 e. The van der Waals surface area contributed by atoms with Gasteiger partial charge in [-0.1, -0.05) is 13.0 Å². The zero-order chi connectivity index (χ0) is 11.5. The number of aromatic nitrogens is 1. The van der Waals surface area contributed by atoms with Gasteiger partial charge in [0.1, 0.15) is 0 Å². The van der Waals surface area contributed by atoms with E-state index in [2.05, 4.69) is 23.9 Å². The Morgan fingerprint density at radius 1 is 1.44 bits per heavy atom. The van der Waals surface area contributed by atoms with Gasteiger partial charge in [0.25, 0.3) is 0 Å². The molecule has 1 heterocycles. The van der Waals surface area contributed by atoms with E-state index >= 15 is 0 Å². The van der Waals surface area contributed by atoms with Crippen molar-refractivity contribution in [3.63, 3.8) is 0 Å². The SMILES string of the molecule is CCN(C)CCc1ccc2oc(=O)[nH]c2c1. The summed E-state index contributed by atoms with van der Waals surface area (Å²) < 4.78 is 4.95. The Morgan fingerprint density at radius 3 is 3.00 bits per heavy atom. The molecule has 16 heavy (non-hydrogen) atoms. The molecule has 4 heteroatoms. The summed E-state index contributed by atoms with van der Waals surface area (Å²) in [4.78, 5) is 15.9. The van der Waals surface area contributed by atoms with Crippen molar-refractivity contribution in [3.05, 3.63) is 34.3 Å². The Hall–Kier alpha value is -1.55. The highest BCUT2D eigenvalue weighted by atomic mass is 16.4. The van der Waals surface area contributed by atoms with Crippen LogP contribution in [-0.2, 0) is 6.42 Å². The number of aromatic amines is 1. The molecule has 0 saturated carbocycles. The Kier molecular flexibility index (Phi) is 3.10. The Bertz CT molecular complexity index is 527. The maximum Gasteiger partial charge on any atom is 0.417 e. The van der Waals surface area contributed by atoms with E-state index in [1.165, 1.54) is 5.56 Å². The van der Waals surface area contributed by atoms with Crippen LogP contribution in [0.15, 0.2) is 27.4 Å². The molecule has 2 rings (SSSR count). The number of nitrogens with one attached hydrogen (secondary N) is 1. The third-order valence-electron chi connectivity index (χ3n) is 2.81. The first kappa shape index (κ1) is 11.0. The van der Waals surface area contributed by atoms with Crippen LogP contribution in [0.25, 0.3) is 11.1 Å². The third-order valence-corrected chi connectivity index (χ3v) is 2.81. The van der Waals surface area contributed by atoms with Gasteiger partial charge in [-0.05, 0) is 37.7 Å². The van der Waals surface area contributed by atoms with E-state index in [1.54, 1.807) is 0 Å². The molecule has 0 aliphatic carbocycles. The van der Waals surface area contributed by atoms with Gasteiger partial charge in [0, 0.05) is 6.54 Å². The molecule has 0 bridgehead atoms. The van der Waals surface area contributed by atoms with Gasteiger partial charge >= 0.3 is 5.76 Å². The van der Waals surface area contributed by atoms with E-state index < -0.39 is 5.76 Å². The highest BCUT2D eigenvalue weighted by Gasteiger charge is 2.02. The van der Waals surface area contributed by atoms with Crippen molar-refractivity contribution in [2.24, 2.45) is 0 Å². The highest BCUT2D eigenvalue weighted by Crippen LogP contribution is 2.12. The molecule has 0 amide bonds. The van der Waals surface area contributed by atoms with E-state index in [0.29, 0.717) is 5.58 Å². The number of hydrogen-bond donors (Lipinski definition) is 1. The quantitative estimate of drug-likeness (QED) is 0.851. The largest absolute Gasteiger partial charge is 0.417 e. The lowest BCUT2D eigenvalue weighted by molar-refractivity contribution is 0.357. The number of nitrogens with zero attached hydrogens (tertiary/aromatic N) is 1. The second-order valence-electron chi connectivity index (χ2n) is 3.99. The molecule has 0 saturated heterocycles. The van der Waals surface area contributed by atoms with Crippen molar-refractivity contribution >= 4 is 11.1 Å². The van der Waals surface area contributed by atoms with Gasteiger partial charge in [-0.3, -0.25) is 4.98 Å². The molecule has 0 spiro atoms. The first-order valence-electron chi connectivity index (χ1n) is 5.49. The topological polar surface area (TPSA) is 49.2 Å². The van der Waals surface area contributed by atoms with Gasteiger partial charge in [0.2, 0.25) is 0 Å². The number of H-pyrrole nitrogens is 1. The van der Waals surface area contributed by atoms with Gasteiger partial charge in [-0.15, -0.1) is 0 Å². The maximum atomic E-state index is 11.0. The van der Waals surface area contributed by atoms with Gasteiger partial charge in [0.05, 0.1) is 5.52 Å². The second kappa shape index (κ2) is 4.53. The van der Waals surface area contributed by atoms with Crippen LogP contribution < -0.4 is 5.76 Å². The zero-order valence-corrected chi connectivity index (χ0v) is 9.62. The molecule has 0 unspecified atom stereocenters. The third kappa shape index (κ3) is 2.33. The highest BCUT2D eigenvalue weighted by molar-refractivity contribution is 5.72. The Labute approximate surface area is 93.9 Å². The first-order chi connectivity index (χ1) is 7.69. The van der Waals surface area contributed by atoms with Gasteiger partial charge < -0.3 is 9.32 Å². The predicted molar refractivity (Wildman–Crippen MR) is 63.7 cm³/mol. The van der Waals surface area contributed by atoms with Crippen molar-refractivity contribution in [2.45, 2.75) is 13.3 Å². The molecular weight excluding hydrogens is 204 g/mol. The summed E-state index contributed by atoms with van der Waals surface area (Å²) in [6, 6.07) is 5.82. The molecule has 0 radical (unpaired) electrons. The Morgan fingerprint density at radius 2 is 2.25 bits per heavy atom. The van der Waals surface area contributed by atoms with Crippen molar-refractivity contribution in [1.82, 2.24) is 9.88 Å². The van der Waals surface area contributed by atoms with Crippen LogP contribution in [0.4, 0.5) is 0 Å². The molecule has 4 nitrogen and oxygen atoms in total. The fourth-order valence-corrected chi connectivity index (χ4v) is 1.63. The molecule has 1 aromatic heterocycles. The van der Waals surface area contributed by atoms with Crippen LogP contribution in [0.3, 0.4) is 0 Å². The number of rotatable bonds is 4.